The number of fused-ring (bicyclic) bond motifs is 3. The van der Waals surface area contributed by atoms with E-state index in [-0.39, 0.29) is 17.1 Å². The lowest BCUT2D eigenvalue weighted by atomic mass is 10.2. The molecule has 2 aromatic carbocycles. The maximum atomic E-state index is 13.3. The van der Waals surface area contributed by atoms with Crippen LogP contribution < -0.4 is 0 Å². The minimum atomic E-state index is -0.351. The van der Waals surface area contributed by atoms with Gasteiger partial charge in [-0.05, 0) is 37.1 Å². The van der Waals surface area contributed by atoms with Crippen LogP contribution in [0.5, 0.6) is 0 Å². The Bertz CT molecular complexity index is 1200. The molecule has 146 valence electrons. The third-order valence-corrected chi connectivity index (χ3v) is 7.27. The predicted molar refractivity (Wildman–Crippen MR) is 114 cm³/mol. The van der Waals surface area contributed by atoms with Gasteiger partial charge in [0.05, 0.1) is 15.5 Å². The number of likely N-dealkylation sites (tertiary alicyclic amines) is 1. The molecule has 1 fully saturated rings. The molecular formula is C21H18N4O2S2. The van der Waals surface area contributed by atoms with E-state index < -0.39 is 0 Å². The van der Waals surface area contributed by atoms with E-state index in [9.17, 15) is 9.59 Å². The summed E-state index contributed by atoms with van der Waals surface area (Å²) in [7, 11) is 0. The molecule has 2 aromatic heterocycles. The van der Waals surface area contributed by atoms with Gasteiger partial charge < -0.3 is 0 Å². The van der Waals surface area contributed by atoms with Crippen molar-refractivity contribution in [1.82, 2.24) is 19.5 Å². The molecule has 1 atom stereocenters. The van der Waals surface area contributed by atoms with E-state index in [1.807, 2.05) is 40.8 Å². The Hall–Kier alpha value is -2.71. The number of nitrogens with zero attached hydrogens (tertiary/aromatic N) is 4. The fourth-order valence-electron chi connectivity index (χ4n) is 3.61. The Morgan fingerprint density at radius 3 is 2.69 bits per heavy atom. The van der Waals surface area contributed by atoms with Crippen LogP contribution in [0.1, 0.15) is 29.6 Å². The van der Waals surface area contributed by atoms with Crippen molar-refractivity contribution in [2.75, 3.05) is 6.54 Å². The van der Waals surface area contributed by atoms with Crippen LogP contribution in [0.4, 0.5) is 0 Å². The molecule has 0 radical (unpaired) electrons. The first-order chi connectivity index (χ1) is 14.2. The molecule has 0 bridgehead atoms. The van der Waals surface area contributed by atoms with Crippen molar-refractivity contribution in [3.05, 3.63) is 60.2 Å². The van der Waals surface area contributed by atoms with Crippen molar-refractivity contribution >= 4 is 50.1 Å². The van der Waals surface area contributed by atoms with E-state index >= 15 is 0 Å². The molecule has 2 amide bonds. The summed E-state index contributed by atoms with van der Waals surface area (Å²) in [6.07, 6.45) is 2.44. The largest absolute Gasteiger partial charge is 0.278 e. The Morgan fingerprint density at radius 2 is 1.83 bits per heavy atom. The summed E-state index contributed by atoms with van der Waals surface area (Å²) in [6, 6.07) is 17.1. The monoisotopic (exact) mass is 422 g/mol. The molecule has 0 aliphatic carbocycles. The first-order valence-electron chi connectivity index (χ1n) is 9.52. The molecule has 8 heteroatoms. The van der Waals surface area contributed by atoms with Crippen molar-refractivity contribution in [2.24, 2.45) is 0 Å². The SMILES string of the molecule is O=C(c1ccccc1)N1CCCC[C@H](Sc2nnc3sc4ccccc4n23)C1=O. The number of rotatable bonds is 3. The highest BCUT2D eigenvalue weighted by atomic mass is 32.2. The smallest absolute Gasteiger partial charge is 0.260 e. The first-order valence-corrected chi connectivity index (χ1v) is 11.2. The van der Waals surface area contributed by atoms with Crippen LogP contribution in [-0.4, -0.2) is 43.1 Å². The average Bonchev–Trinajstić information content (AvgIpc) is 3.26. The van der Waals surface area contributed by atoms with Gasteiger partial charge >= 0.3 is 0 Å². The van der Waals surface area contributed by atoms with Crippen LogP contribution in [0, 0.1) is 0 Å². The molecule has 4 aromatic rings. The molecule has 1 saturated heterocycles. The van der Waals surface area contributed by atoms with Gasteiger partial charge in [-0.1, -0.05) is 59.9 Å². The molecular weight excluding hydrogens is 404 g/mol. The van der Waals surface area contributed by atoms with Crippen LogP contribution in [-0.2, 0) is 4.79 Å². The predicted octanol–water partition coefficient (Wildman–Crippen LogP) is 4.26. The quantitative estimate of drug-likeness (QED) is 0.462. The van der Waals surface area contributed by atoms with Crippen LogP contribution in [0.15, 0.2) is 59.8 Å². The van der Waals surface area contributed by atoms with Gasteiger partial charge in [0.2, 0.25) is 10.9 Å². The summed E-state index contributed by atoms with van der Waals surface area (Å²) in [6.45, 7) is 0.459. The number of thioether (sulfide) groups is 1. The minimum Gasteiger partial charge on any atom is -0.278 e. The zero-order chi connectivity index (χ0) is 19.8. The van der Waals surface area contributed by atoms with Gasteiger partial charge in [0.1, 0.15) is 0 Å². The fourth-order valence-corrected chi connectivity index (χ4v) is 5.78. The van der Waals surface area contributed by atoms with E-state index in [1.165, 1.54) is 16.7 Å². The van der Waals surface area contributed by atoms with E-state index in [0.29, 0.717) is 17.3 Å². The van der Waals surface area contributed by atoms with E-state index in [0.717, 1.165) is 34.4 Å². The summed E-state index contributed by atoms with van der Waals surface area (Å²) in [5.74, 6) is -0.367. The first kappa shape index (κ1) is 18.3. The number of para-hydroxylation sites is 1. The maximum absolute atomic E-state index is 13.3. The number of amides is 2. The average molecular weight is 423 g/mol. The molecule has 1 aliphatic rings. The van der Waals surface area contributed by atoms with Crippen molar-refractivity contribution in [3.63, 3.8) is 0 Å². The van der Waals surface area contributed by atoms with Gasteiger partial charge in [-0.3, -0.25) is 18.9 Å². The second kappa shape index (κ2) is 7.61. The standard InChI is InChI=1S/C21H18N4O2S2/c26-18(14-8-2-1-3-9-14)24-13-7-6-12-17(19(24)27)29-21-23-22-20-25(21)15-10-4-5-11-16(15)28-20/h1-5,8-11,17H,6-7,12-13H2/t17-/m0/s1. The fraction of sp³-hybridized carbons (Fsp3) is 0.238. The van der Waals surface area contributed by atoms with Crippen LogP contribution in [0.2, 0.25) is 0 Å². The number of imide groups is 1. The van der Waals surface area contributed by atoms with E-state index in [1.54, 1.807) is 23.5 Å². The molecule has 29 heavy (non-hydrogen) atoms. The summed E-state index contributed by atoms with van der Waals surface area (Å²) in [4.78, 5) is 28.4. The van der Waals surface area contributed by atoms with Gasteiger partial charge in [0.15, 0.2) is 5.16 Å². The van der Waals surface area contributed by atoms with Gasteiger partial charge in [-0.2, -0.15) is 0 Å². The second-order valence-corrected chi connectivity index (χ2v) is 9.11. The minimum absolute atomic E-state index is 0.141. The summed E-state index contributed by atoms with van der Waals surface area (Å²) in [5.41, 5.74) is 1.58. The lowest BCUT2D eigenvalue weighted by Gasteiger charge is -2.22. The highest BCUT2D eigenvalue weighted by Crippen LogP contribution is 2.34. The van der Waals surface area contributed by atoms with E-state index in [2.05, 4.69) is 16.3 Å². The number of hydrogen-bond donors (Lipinski definition) is 0. The summed E-state index contributed by atoms with van der Waals surface area (Å²) in [5, 5.41) is 8.96. The van der Waals surface area contributed by atoms with Crippen molar-refractivity contribution < 1.29 is 9.59 Å². The van der Waals surface area contributed by atoms with Gasteiger partial charge in [-0.25, -0.2) is 0 Å². The number of aromatic nitrogens is 3. The lowest BCUT2D eigenvalue weighted by molar-refractivity contribution is -0.127. The maximum Gasteiger partial charge on any atom is 0.260 e. The van der Waals surface area contributed by atoms with E-state index in [4.69, 9.17) is 0 Å². The third kappa shape index (κ3) is 3.32. The Kier molecular flexibility index (Phi) is 4.81. The highest BCUT2D eigenvalue weighted by Gasteiger charge is 2.33. The molecule has 1 aliphatic heterocycles. The molecule has 6 nitrogen and oxygen atoms in total. The van der Waals surface area contributed by atoms with Crippen molar-refractivity contribution in [3.8, 4) is 0 Å². The Labute approximate surface area is 175 Å². The van der Waals surface area contributed by atoms with Gasteiger partial charge in [-0.15, -0.1) is 10.2 Å². The topological polar surface area (TPSA) is 67.6 Å². The van der Waals surface area contributed by atoms with Gasteiger partial charge in [0, 0.05) is 12.1 Å². The number of carbonyl (C=O) groups excluding carboxylic acids is 2. The number of carbonyl (C=O) groups is 2. The van der Waals surface area contributed by atoms with Crippen LogP contribution >= 0.6 is 23.1 Å². The zero-order valence-corrected chi connectivity index (χ0v) is 17.2. The van der Waals surface area contributed by atoms with Gasteiger partial charge in [0.25, 0.3) is 5.91 Å². The number of thiazole rings is 1. The molecule has 0 saturated carbocycles. The molecule has 0 unspecified atom stereocenters. The number of hydrogen-bond acceptors (Lipinski definition) is 6. The number of benzene rings is 2. The zero-order valence-electron chi connectivity index (χ0n) is 15.5. The Balaban J connectivity index is 1.45. The van der Waals surface area contributed by atoms with Crippen molar-refractivity contribution in [1.29, 1.82) is 0 Å². The summed E-state index contributed by atoms with van der Waals surface area (Å²) >= 11 is 2.99. The highest BCUT2D eigenvalue weighted by molar-refractivity contribution is 8.00. The molecule has 5 rings (SSSR count). The molecule has 3 heterocycles. The van der Waals surface area contributed by atoms with Crippen LogP contribution in [0.25, 0.3) is 15.2 Å². The second-order valence-electron chi connectivity index (χ2n) is 6.93. The normalized spacial score (nSPS) is 17.7. The van der Waals surface area contributed by atoms with Crippen LogP contribution in [0.3, 0.4) is 0 Å². The summed E-state index contributed by atoms with van der Waals surface area (Å²) < 4.78 is 3.14. The lowest BCUT2D eigenvalue weighted by Crippen LogP contribution is -2.41. The molecule has 0 N–H and O–H groups in total. The molecule has 0 spiro atoms. The Morgan fingerprint density at radius 1 is 1.03 bits per heavy atom. The van der Waals surface area contributed by atoms with Crippen molar-refractivity contribution in [2.45, 2.75) is 29.7 Å². The third-order valence-electron chi connectivity index (χ3n) is 5.06.